The van der Waals surface area contributed by atoms with E-state index in [9.17, 15) is 9.59 Å². The van der Waals surface area contributed by atoms with Crippen LogP contribution in [0.2, 0.25) is 0 Å². The summed E-state index contributed by atoms with van der Waals surface area (Å²) in [6.07, 6.45) is 0. The fourth-order valence-corrected chi connectivity index (χ4v) is 1.32. The van der Waals surface area contributed by atoms with E-state index in [0.717, 1.165) is 0 Å². The topological polar surface area (TPSA) is 84.4 Å². The minimum absolute atomic E-state index is 0.0982. The molecule has 1 N–H and O–H groups in total. The van der Waals surface area contributed by atoms with Crippen LogP contribution in [0.15, 0.2) is 12.1 Å². The molecular weight excluding hydrogens is 236 g/mol. The Kier molecular flexibility index (Phi) is 5.04. The second kappa shape index (κ2) is 6.53. The van der Waals surface area contributed by atoms with Crippen molar-refractivity contribution in [3.8, 4) is 0 Å². The molecule has 0 aromatic carbocycles. The van der Waals surface area contributed by atoms with Crippen molar-refractivity contribution in [3.05, 3.63) is 17.8 Å². The van der Waals surface area contributed by atoms with Gasteiger partial charge in [-0.3, -0.25) is 9.59 Å². The van der Waals surface area contributed by atoms with Crippen molar-refractivity contribution in [2.24, 2.45) is 0 Å². The second-order valence-corrected chi connectivity index (χ2v) is 3.45. The largest absolute Gasteiger partial charge is 0.468 e. The van der Waals surface area contributed by atoms with Crippen LogP contribution in [0.4, 0.5) is 5.82 Å². The van der Waals surface area contributed by atoms with Crippen LogP contribution in [-0.4, -0.2) is 49.3 Å². The molecule has 18 heavy (non-hydrogen) atoms. The summed E-state index contributed by atoms with van der Waals surface area (Å²) in [7, 11) is 2.85. The Morgan fingerprint density at radius 1 is 1.39 bits per heavy atom. The summed E-state index contributed by atoms with van der Waals surface area (Å²) in [5.41, 5.74) is 0.232. The molecule has 0 aliphatic carbocycles. The van der Waals surface area contributed by atoms with Crippen molar-refractivity contribution in [3.63, 3.8) is 0 Å². The molecule has 1 rings (SSSR count). The van der Waals surface area contributed by atoms with Gasteiger partial charge >= 0.3 is 5.97 Å². The highest BCUT2D eigenvalue weighted by Crippen LogP contribution is 2.09. The number of carbonyl (C=O) groups excluding carboxylic acids is 2. The number of likely N-dealkylation sites (N-methyl/N-ethyl adjacent to an activating group) is 1. The quantitative estimate of drug-likeness (QED) is 0.733. The Labute approximate surface area is 105 Å². The molecule has 0 radical (unpaired) electrons. The summed E-state index contributed by atoms with van der Waals surface area (Å²) in [6.45, 7) is 2.57. The monoisotopic (exact) mass is 252 g/mol. The smallest absolute Gasteiger partial charge is 0.325 e. The average molecular weight is 252 g/mol. The van der Waals surface area contributed by atoms with Crippen molar-refractivity contribution in [1.82, 2.24) is 15.5 Å². The molecule has 0 atom stereocenters. The first kappa shape index (κ1) is 13.9. The van der Waals surface area contributed by atoms with E-state index in [0.29, 0.717) is 12.4 Å². The standard InChI is InChI=1S/C11H16N4O3/c1-4-15(7-10(16)18-3)9-6-5-8(13-14-9)11(17)12-2/h5-6H,4,7H2,1-3H3,(H,12,17). The molecular formula is C11H16N4O3. The molecule has 1 heterocycles. The molecule has 7 nitrogen and oxygen atoms in total. The summed E-state index contributed by atoms with van der Waals surface area (Å²) in [6, 6.07) is 3.20. The number of esters is 1. The highest BCUT2D eigenvalue weighted by Gasteiger charge is 2.13. The first-order valence-corrected chi connectivity index (χ1v) is 5.50. The van der Waals surface area contributed by atoms with Gasteiger partial charge in [0.05, 0.1) is 7.11 Å². The van der Waals surface area contributed by atoms with Crippen LogP contribution in [0.3, 0.4) is 0 Å². The first-order chi connectivity index (χ1) is 8.62. The van der Waals surface area contributed by atoms with Crippen LogP contribution in [-0.2, 0) is 9.53 Å². The van der Waals surface area contributed by atoms with Gasteiger partial charge in [-0.1, -0.05) is 0 Å². The van der Waals surface area contributed by atoms with Gasteiger partial charge < -0.3 is 15.0 Å². The second-order valence-electron chi connectivity index (χ2n) is 3.45. The van der Waals surface area contributed by atoms with Crippen molar-refractivity contribution in [2.45, 2.75) is 6.92 Å². The Hall–Kier alpha value is -2.18. The molecule has 0 aliphatic heterocycles. The molecule has 0 bridgehead atoms. The van der Waals surface area contributed by atoms with Gasteiger partial charge in [0.2, 0.25) is 0 Å². The van der Waals surface area contributed by atoms with E-state index in [1.807, 2.05) is 6.92 Å². The zero-order valence-electron chi connectivity index (χ0n) is 10.6. The van der Waals surface area contributed by atoms with Gasteiger partial charge in [0.1, 0.15) is 6.54 Å². The third-order valence-corrected chi connectivity index (χ3v) is 2.36. The van der Waals surface area contributed by atoms with E-state index < -0.39 is 0 Å². The highest BCUT2D eigenvalue weighted by molar-refractivity contribution is 5.91. The van der Waals surface area contributed by atoms with Crippen LogP contribution >= 0.6 is 0 Å². The number of hydrogen-bond acceptors (Lipinski definition) is 6. The maximum absolute atomic E-state index is 11.3. The van der Waals surface area contributed by atoms with E-state index in [2.05, 4.69) is 20.3 Å². The number of carbonyl (C=O) groups is 2. The molecule has 0 saturated carbocycles. The van der Waals surface area contributed by atoms with Gasteiger partial charge in [0, 0.05) is 13.6 Å². The minimum atomic E-state index is -0.353. The van der Waals surface area contributed by atoms with E-state index in [4.69, 9.17) is 0 Å². The molecule has 1 aromatic rings. The third-order valence-electron chi connectivity index (χ3n) is 2.36. The summed E-state index contributed by atoms with van der Waals surface area (Å²) in [5, 5.41) is 10.2. The summed E-state index contributed by atoms with van der Waals surface area (Å²) < 4.78 is 4.59. The molecule has 98 valence electrons. The van der Waals surface area contributed by atoms with E-state index in [1.54, 1.807) is 17.0 Å². The highest BCUT2D eigenvalue weighted by atomic mass is 16.5. The number of hydrogen-bond donors (Lipinski definition) is 1. The Morgan fingerprint density at radius 2 is 2.11 bits per heavy atom. The lowest BCUT2D eigenvalue weighted by molar-refractivity contribution is -0.138. The lowest BCUT2D eigenvalue weighted by atomic mass is 10.3. The zero-order chi connectivity index (χ0) is 13.5. The van der Waals surface area contributed by atoms with E-state index in [1.165, 1.54) is 14.2 Å². The maximum Gasteiger partial charge on any atom is 0.325 e. The van der Waals surface area contributed by atoms with Crippen LogP contribution in [0.1, 0.15) is 17.4 Å². The van der Waals surface area contributed by atoms with Gasteiger partial charge in [0.25, 0.3) is 5.91 Å². The van der Waals surface area contributed by atoms with Crippen molar-refractivity contribution < 1.29 is 14.3 Å². The molecule has 7 heteroatoms. The zero-order valence-corrected chi connectivity index (χ0v) is 10.6. The Balaban J connectivity index is 2.81. The van der Waals surface area contributed by atoms with Crippen molar-refractivity contribution in [1.29, 1.82) is 0 Å². The number of methoxy groups -OCH3 is 1. The molecule has 1 aromatic heterocycles. The Morgan fingerprint density at radius 3 is 2.56 bits per heavy atom. The number of ether oxygens (including phenoxy) is 1. The van der Waals surface area contributed by atoms with Crippen LogP contribution in [0, 0.1) is 0 Å². The maximum atomic E-state index is 11.3. The molecule has 0 aliphatic rings. The lowest BCUT2D eigenvalue weighted by Gasteiger charge is -2.19. The van der Waals surface area contributed by atoms with Crippen LogP contribution in [0.25, 0.3) is 0 Å². The van der Waals surface area contributed by atoms with Crippen molar-refractivity contribution >= 4 is 17.7 Å². The molecule has 1 amide bonds. The summed E-state index contributed by atoms with van der Waals surface area (Å²) in [5.74, 6) is -0.130. The number of amides is 1. The normalized spacial score (nSPS) is 9.72. The van der Waals surface area contributed by atoms with Crippen molar-refractivity contribution in [2.75, 3.05) is 32.1 Å². The van der Waals surface area contributed by atoms with Gasteiger partial charge in [-0.15, -0.1) is 10.2 Å². The lowest BCUT2D eigenvalue weighted by Crippen LogP contribution is -2.31. The Bertz CT molecular complexity index is 419. The predicted octanol–water partition coefficient (Wildman–Crippen LogP) is -0.164. The number of nitrogens with one attached hydrogen (secondary N) is 1. The fraction of sp³-hybridized carbons (Fsp3) is 0.455. The predicted molar refractivity (Wildman–Crippen MR) is 65.3 cm³/mol. The third kappa shape index (κ3) is 3.41. The van der Waals surface area contributed by atoms with Gasteiger partial charge in [0.15, 0.2) is 11.5 Å². The number of anilines is 1. The number of aromatic nitrogens is 2. The van der Waals surface area contributed by atoms with Gasteiger partial charge in [-0.25, -0.2) is 0 Å². The molecule has 0 saturated heterocycles. The van der Waals surface area contributed by atoms with E-state index >= 15 is 0 Å². The molecule has 0 spiro atoms. The van der Waals surface area contributed by atoms with Gasteiger partial charge in [-0.05, 0) is 19.1 Å². The van der Waals surface area contributed by atoms with Gasteiger partial charge in [-0.2, -0.15) is 0 Å². The van der Waals surface area contributed by atoms with Crippen LogP contribution < -0.4 is 10.2 Å². The SMILES string of the molecule is CCN(CC(=O)OC)c1ccc(C(=O)NC)nn1. The van der Waals surface area contributed by atoms with Crippen LogP contribution in [0.5, 0.6) is 0 Å². The molecule has 0 fully saturated rings. The fourth-order valence-electron chi connectivity index (χ4n) is 1.32. The average Bonchev–Trinajstić information content (AvgIpc) is 2.43. The summed E-state index contributed by atoms with van der Waals surface area (Å²) >= 11 is 0. The van der Waals surface area contributed by atoms with E-state index in [-0.39, 0.29) is 24.1 Å². The summed E-state index contributed by atoms with van der Waals surface area (Å²) in [4.78, 5) is 24.2. The number of rotatable bonds is 5. The molecule has 0 unspecified atom stereocenters. The minimum Gasteiger partial charge on any atom is -0.468 e. The first-order valence-electron chi connectivity index (χ1n) is 5.50. The number of nitrogens with zero attached hydrogens (tertiary/aromatic N) is 3.